The molecule has 3 rings (SSSR count). The van der Waals surface area contributed by atoms with Crippen molar-refractivity contribution in [1.29, 1.82) is 0 Å². The van der Waals surface area contributed by atoms with E-state index in [1.165, 1.54) is 11.1 Å². The van der Waals surface area contributed by atoms with Gasteiger partial charge in [0.05, 0.1) is 0 Å². The third-order valence-corrected chi connectivity index (χ3v) is 4.30. The maximum Gasteiger partial charge on any atom is 0.0317 e. The SMILES string of the molecule is Nc1cccc(CN2CCN(C/C=C/c3ccccc3)CC2)c1. The summed E-state index contributed by atoms with van der Waals surface area (Å²) in [6.07, 6.45) is 4.47. The molecule has 0 saturated carbocycles. The molecule has 23 heavy (non-hydrogen) atoms. The van der Waals surface area contributed by atoms with Crippen LogP contribution in [-0.2, 0) is 6.54 Å². The largest absolute Gasteiger partial charge is 0.399 e. The standard InChI is InChI=1S/C20H25N3/c21-20-10-4-8-19(16-20)17-23-14-12-22(13-15-23)11-5-9-18-6-2-1-3-7-18/h1-10,16H,11-15,17,21H2/b9-5+. The Labute approximate surface area is 139 Å². The molecule has 0 amide bonds. The molecule has 120 valence electrons. The van der Waals surface area contributed by atoms with Gasteiger partial charge in [-0.25, -0.2) is 0 Å². The number of nitrogen functional groups attached to an aromatic ring is 1. The van der Waals surface area contributed by atoms with E-state index >= 15 is 0 Å². The van der Waals surface area contributed by atoms with Crippen molar-refractivity contribution in [3.8, 4) is 0 Å². The zero-order valence-electron chi connectivity index (χ0n) is 13.6. The van der Waals surface area contributed by atoms with Gasteiger partial charge < -0.3 is 5.73 Å². The van der Waals surface area contributed by atoms with Crippen LogP contribution in [0.4, 0.5) is 5.69 Å². The molecule has 0 spiro atoms. The normalized spacial score (nSPS) is 16.9. The maximum atomic E-state index is 5.85. The quantitative estimate of drug-likeness (QED) is 0.862. The monoisotopic (exact) mass is 307 g/mol. The van der Waals surface area contributed by atoms with Crippen molar-refractivity contribution in [2.75, 3.05) is 38.5 Å². The Morgan fingerprint density at radius 1 is 0.870 bits per heavy atom. The van der Waals surface area contributed by atoms with Gasteiger partial charge in [-0.3, -0.25) is 9.80 Å². The molecule has 2 aromatic carbocycles. The first kappa shape index (κ1) is 15.8. The fraction of sp³-hybridized carbons (Fsp3) is 0.300. The van der Waals surface area contributed by atoms with Crippen molar-refractivity contribution >= 4 is 11.8 Å². The van der Waals surface area contributed by atoms with Crippen molar-refractivity contribution < 1.29 is 0 Å². The van der Waals surface area contributed by atoms with Gasteiger partial charge >= 0.3 is 0 Å². The van der Waals surface area contributed by atoms with Crippen LogP contribution in [0.5, 0.6) is 0 Å². The predicted octanol–water partition coefficient (Wildman–Crippen LogP) is 3.10. The zero-order chi connectivity index (χ0) is 15.9. The minimum atomic E-state index is 0.854. The number of anilines is 1. The lowest BCUT2D eigenvalue weighted by Crippen LogP contribution is -2.45. The van der Waals surface area contributed by atoms with Gasteiger partial charge in [-0.1, -0.05) is 54.6 Å². The van der Waals surface area contributed by atoms with Crippen LogP contribution in [0.3, 0.4) is 0 Å². The average molecular weight is 307 g/mol. The Balaban J connectivity index is 1.42. The lowest BCUT2D eigenvalue weighted by atomic mass is 10.1. The molecule has 0 bridgehead atoms. The topological polar surface area (TPSA) is 32.5 Å². The molecule has 0 radical (unpaired) electrons. The van der Waals surface area contributed by atoms with Crippen molar-refractivity contribution in [3.63, 3.8) is 0 Å². The molecule has 3 nitrogen and oxygen atoms in total. The smallest absolute Gasteiger partial charge is 0.0317 e. The molecule has 0 aromatic heterocycles. The number of hydrogen-bond acceptors (Lipinski definition) is 3. The van der Waals surface area contributed by atoms with Gasteiger partial charge in [0.25, 0.3) is 0 Å². The van der Waals surface area contributed by atoms with Crippen LogP contribution < -0.4 is 5.73 Å². The van der Waals surface area contributed by atoms with E-state index in [4.69, 9.17) is 5.73 Å². The Morgan fingerprint density at radius 3 is 2.35 bits per heavy atom. The first-order valence-electron chi connectivity index (χ1n) is 8.30. The number of hydrogen-bond donors (Lipinski definition) is 1. The Morgan fingerprint density at radius 2 is 1.61 bits per heavy atom. The van der Waals surface area contributed by atoms with Gasteiger partial charge in [0.2, 0.25) is 0 Å². The van der Waals surface area contributed by atoms with Crippen LogP contribution in [0.1, 0.15) is 11.1 Å². The summed E-state index contributed by atoms with van der Waals surface area (Å²) in [7, 11) is 0. The van der Waals surface area contributed by atoms with Gasteiger partial charge in [0.15, 0.2) is 0 Å². The summed E-state index contributed by atoms with van der Waals surface area (Å²) in [5.74, 6) is 0. The van der Waals surface area contributed by atoms with Crippen LogP contribution in [0.15, 0.2) is 60.7 Å². The molecule has 0 atom stereocenters. The first-order valence-corrected chi connectivity index (χ1v) is 8.30. The number of piperazine rings is 1. The van der Waals surface area contributed by atoms with Crippen LogP contribution in [0.2, 0.25) is 0 Å². The van der Waals surface area contributed by atoms with Crippen molar-refractivity contribution in [2.24, 2.45) is 0 Å². The zero-order valence-corrected chi connectivity index (χ0v) is 13.6. The summed E-state index contributed by atoms with van der Waals surface area (Å²) >= 11 is 0. The van der Waals surface area contributed by atoms with Gasteiger partial charge in [0, 0.05) is 45.0 Å². The van der Waals surface area contributed by atoms with E-state index in [2.05, 4.69) is 64.4 Å². The summed E-state index contributed by atoms with van der Waals surface area (Å²) in [6.45, 7) is 6.52. The van der Waals surface area contributed by atoms with Crippen molar-refractivity contribution in [3.05, 3.63) is 71.8 Å². The van der Waals surface area contributed by atoms with E-state index in [1.807, 2.05) is 12.1 Å². The second-order valence-electron chi connectivity index (χ2n) is 6.13. The summed E-state index contributed by atoms with van der Waals surface area (Å²) in [6, 6.07) is 18.7. The van der Waals surface area contributed by atoms with Crippen molar-refractivity contribution in [1.82, 2.24) is 9.80 Å². The van der Waals surface area contributed by atoms with Gasteiger partial charge in [-0.05, 0) is 23.3 Å². The molecule has 0 unspecified atom stereocenters. The first-order chi connectivity index (χ1) is 11.3. The highest BCUT2D eigenvalue weighted by Gasteiger charge is 2.15. The maximum absolute atomic E-state index is 5.85. The highest BCUT2D eigenvalue weighted by molar-refractivity contribution is 5.48. The molecule has 0 aliphatic carbocycles. The molecule has 1 aliphatic rings. The van der Waals surface area contributed by atoms with Gasteiger partial charge in [-0.15, -0.1) is 0 Å². The Kier molecular flexibility index (Phi) is 5.46. The number of rotatable bonds is 5. The summed E-state index contributed by atoms with van der Waals surface area (Å²) in [5.41, 5.74) is 9.29. The predicted molar refractivity (Wildman–Crippen MR) is 98.0 cm³/mol. The average Bonchev–Trinajstić information content (AvgIpc) is 2.58. The van der Waals surface area contributed by atoms with Crippen LogP contribution in [-0.4, -0.2) is 42.5 Å². The van der Waals surface area contributed by atoms with E-state index in [0.29, 0.717) is 0 Å². The number of nitrogens with two attached hydrogens (primary N) is 1. The van der Waals surface area contributed by atoms with Crippen LogP contribution in [0, 0.1) is 0 Å². The lowest BCUT2D eigenvalue weighted by Gasteiger charge is -2.34. The Bertz CT molecular complexity index is 628. The molecule has 2 aromatic rings. The molecular weight excluding hydrogens is 282 g/mol. The van der Waals surface area contributed by atoms with E-state index in [0.717, 1.165) is 45.0 Å². The molecule has 1 aliphatic heterocycles. The van der Waals surface area contributed by atoms with Gasteiger partial charge in [-0.2, -0.15) is 0 Å². The highest BCUT2D eigenvalue weighted by atomic mass is 15.3. The van der Waals surface area contributed by atoms with Crippen LogP contribution >= 0.6 is 0 Å². The van der Waals surface area contributed by atoms with Gasteiger partial charge in [0.1, 0.15) is 0 Å². The second kappa shape index (κ2) is 7.95. The van der Waals surface area contributed by atoms with E-state index < -0.39 is 0 Å². The lowest BCUT2D eigenvalue weighted by molar-refractivity contribution is 0.137. The third-order valence-electron chi connectivity index (χ3n) is 4.30. The fourth-order valence-electron chi connectivity index (χ4n) is 2.98. The summed E-state index contributed by atoms with van der Waals surface area (Å²) in [5, 5.41) is 0. The third kappa shape index (κ3) is 4.95. The molecule has 3 heteroatoms. The van der Waals surface area contributed by atoms with Crippen molar-refractivity contribution in [2.45, 2.75) is 6.54 Å². The highest BCUT2D eigenvalue weighted by Crippen LogP contribution is 2.12. The Hall–Kier alpha value is -2.10. The minimum Gasteiger partial charge on any atom is -0.399 e. The van der Waals surface area contributed by atoms with Crippen LogP contribution in [0.25, 0.3) is 6.08 Å². The fourth-order valence-corrected chi connectivity index (χ4v) is 2.98. The summed E-state index contributed by atoms with van der Waals surface area (Å²) in [4.78, 5) is 5.02. The van der Waals surface area contributed by atoms with E-state index in [1.54, 1.807) is 0 Å². The summed E-state index contributed by atoms with van der Waals surface area (Å²) < 4.78 is 0. The molecule has 1 fully saturated rings. The molecule has 1 saturated heterocycles. The van der Waals surface area contributed by atoms with E-state index in [-0.39, 0.29) is 0 Å². The number of nitrogens with zero attached hydrogens (tertiary/aromatic N) is 2. The molecular formula is C20H25N3. The minimum absolute atomic E-state index is 0.854. The second-order valence-corrected chi connectivity index (χ2v) is 6.13. The number of benzene rings is 2. The van der Waals surface area contributed by atoms with E-state index in [9.17, 15) is 0 Å². The molecule has 1 heterocycles. The molecule has 2 N–H and O–H groups in total.